The fraction of sp³-hybridized carbons (Fsp3) is 0.318. The minimum Gasteiger partial charge on any atom is -0.449 e. The van der Waals surface area contributed by atoms with E-state index in [9.17, 15) is 14.4 Å². The zero-order valence-electron chi connectivity index (χ0n) is 16.8. The van der Waals surface area contributed by atoms with Gasteiger partial charge in [-0.15, -0.1) is 0 Å². The number of nitrogens with zero attached hydrogens (tertiary/aromatic N) is 1. The first-order valence-electron chi connectivity index (χ1n) is 9.79. The van der Waals surface area contributed by atoms with Gasteiger partial charge in [0.1, 0.15) is 18.7 Å². The molecule has 0 heterocycles. The van der Waals surface area contributed by atoms with Gasteiger partial charge in [0.25, 0.3) is 0 Å². The van der Waals surface area contributed by atoms with Crippen LogP contribution in [0.3, 0.4) is 0 Å². The number of alkyl carbamates (subject to hydrolysis) is 1. The standard InChI is InChI=1S/C22H22IN3O5/c1-13(26-24)20(27)11-10-19(21(28)31-23)25-22(29)30-12-18-16-8-4-2-6-14(16)15-7-3-5-9-17(15)18/h2-9,13,18-19,24H,10-12H2,1H3,(H,25,29)/t13?,19-/m0/s1. The minimum atomic E-state index is -1.03. The Balaban J connectivity index is 1.63. The molecule has 0 aliphatic heterocycles. The summed E-state index contributed by atoms with van der Waals surface area (Å²) in [4.78, 5) is 36.3. The van der Waals surface area contributed by atoms with Crippen LogP contribution in [0.5, 0.6) is 0 Å². The molecular formula is C22H22IN3O5. The smallest absolute Gasteiger partial charge is 0.407 e. The summed E-state index contributed by atoms with van der Waals surface area (Å²) in [7, 11) is 0. The summed E-state index contributed by atoms with van der Waals surface area (Å²) in [6.07, 6.45) is -0.756. The number of ketones is 1. The highest BCUT2D eigenvalue weighted by molar-refractivity contribution is 14.1. The number of halogens is 1. The number of hydrogen-bond donors (Lipinski definition) is 2. The van der Waals surface area contributed by atoms with Gasteiger partial charge in [0, 0.05) is 12.3 Å². The fourth-order valence-electron chi connectivity index (χ4n) is 3.65. The summed E-state index contributed by atoms with van der Waals surface area (Å²) in [5, 5.41) is 5.66. The molecule has 2 aromatic carbocycles. The van der Waals surface area contributed by atoms with Crippen LogP contribution in [0.25, 0.3) is 11.1 Å². The third kappa shape index (κ3) is 5.27. The SMILES string of the molecule is CC(N=N)C(=O)CC[C@H](NC(=O)OCC1c2ccccc2-c2ccccc21)C(=O)OI. The first-order chi connectivity index (χ1) is 15.0. The molecule has 9 heteroatoms. The lowest BCUT2D eigenvalue weighted by atomic mass is 9.98. The van der Waals surface area contributed by atoms with Gasteiger partial charge in [-0.2, -0.15) is 5.11 Å². The Hall–Kier alpha value is -2.82. The Morgan fingerprint density at radius 3 is 2.23 bits per heavy atom. The van der Waals surface area contributed by atoms with E-state index >= 15 is 0 Å². The monoisotopic (exact) mass is 535 g/mol. The van der Waals surface area contributed by atoms with Crippen LogP contribution in [-0.2, 0) is 17.4 Å². The Kier molecular flexibility index (Phi) is 7.72. The van der Waals surface area contributed by atoms with Gasteiger partial charge < -0.3 is 13.1 Å². The lowest BCUT2D eigenvalue weighted by Crippen LogP contribution is -2.42. The van der Waals surface area contributed by atoms with Gasteiger partial charge in [0.05, 0.1) is 0 Å². The predicted octanol–water partition coefficient (Wildman–Crippen LogP) is 4.56. The number of carbonyl (C=O) groups excluding carboxylic acids is 3. The quantitative estimate of drug-likeness (QED) is 0.361. The largest absolute Gasteiger partial charge is 0.449 e. The Morgan fingerprint density at radius 2 is 1.68 bits per heavy atom. The van der Waals surface area contributed by atoms with Crippen LogP contribution >= 0.6 is 23.0 Å². The number of amides is 1. The normalized spacial score (nSPS) is 14.0. The summed E-state index contributed by atoms with van der Waals surface area (Å²) in [5.41, 5.74) is 11.3. The van der Waals surface area contributed by atoms with Crippen molar-refractivity contribution in [1.82, 2.24) is 5.32 Å². The molecule has 3 rings (SSSR count). The second kappa shape index (κ2) is 10.5. The Bertz CT molecular complexity index is 951. The molecule has 0 spiro atoms. The summed E-state index contributed by atoms with van der Waals surface area (Å²) < 4.78 is 10.1. The highest BCUT2D eigenvalue weighted by Gasteiger charge is 2.30. The van der Waals surface area contributed by atoms with E-state index in [1.54, 1.807) is 0 Å². The number of Topliss-reactive ketones (excluding diaryl/α,β-unsaturated/α-hetero) is 1. The third-order valence-corrected chi connectivity index (χ3v) is 5.77. The third-order valence-electron chi connectivity index (χ3n) is 5.34. The number of fused-ring (bicyclic) bond motifs is 3. The first-order valence-corrected chi connectivity index (χ1v) is 10.7. The molecule has 1 unspecified atom stereocenters. The van der Waals surface area contributed by atoms with Gasteiger partial charge in [-0.25, -0.2) is 15.1 Å². The average Bonchev–Trinajstić information content (AvgIpc) is 3.12. The number of nitrogens with one attached hydrogen (secondary N) is 2. The van der Waals surface area contributed by atoms with Crippen molar-refractivity contribution < 1.29 is 22.2 Å². The number of hydrogen-bond acceptors (Lipinski definition) is 7. The van der Waals surface area contributed by atoms with Crippen molar-refractivity contribution in [3.8, 4) is 11.1 Å². The highest BCUT2D eigenvalue weighted by Crippen LogP contribution is 2.44. The van der Waals surface area contributed by atoms with Crippen LogP contribution < -0.4 is 5.32 Å². The lowest BCUT2D eigenvalue weighted by Gasteiger charge is -2.18. The molecule has 2 N–H and O–H groups in total. The van der Waals surface area contributed by atoms with Crippen LogP contribution in [0, 0.1) is 5.53 Å². The topological polar surface area (TPSA) is 118 Å². The zero-order chi connectivity index (χ0) is 22.4. The summed E-state index contributed by atoms with van der Waals surface area (Å²) in [6.45, 7) is 1.61. The lowest BCUT2D eigenvalue weighted by molar-refractivity contribution is -0.133. The Morgan fingerprint density at radius 1 is 1.10 bits per heavy atom. The van der Waals surface area contributed by atoms with Crippen LogP contribution in [-0.4, -0.2) is 36.5 Å². The van der Waals surface area contributed by atoms with Crippen molar-refractivity contribution in [1.29, 1.82) is 5.53 Å². The van der Waals surface area contributed by atoms with E-state index in [1.807, 2.05) is 48.5 Å². The van der Waals surface area contributed by atoms with Crippen LogP contribution in [0.4, 0.5) is 4.79 Å². The van der Waals surface area contributed by atoms with E-state index in [4.69, 9.17) is 13.3 Å². The van der Waals surface area contributed by atoms with Gasteiger partial charge >= 0.3 is 12.1 Å². The molecule has 0 bridgehead atoms. The predicted molar refractivity (Wildman–Crippen MR) is 121 cm³/mol. The highest BCUT2D eigenvalue weighted by atomic mass is 127. The van der Waals surface area contributed by atoms with E-state index in [1.165, 1.54) is 29.9 Å². The van der Waals surface area contributed by atoms with E-state index in [2.05, 4.69) is 10.4 Å². The number of ether oxygens (including phenoxy) is 1. The van der Waals surface area contributed by atoms with Crippen molar-refractivity contribution in [3.05, 3.63) is 59.7 Å². The van der Waals surface area contributed by atoms with Crippen LogP contribution in [0.2, 0.25) is 0 Å². The molecule has 0 saturated heterocycles. The summed E-state index contributed by atoms with van der Waals surface area (Å²) >= 11 is 1.43. The second-order valence-electron chi connectivity index (χ2n) is 7.23. The Labute approximate surface area is 193 Å². The van der Waals surface area contributed by atoms with E-state index < -0.39 is 24.1 Å². The molecular weight excluding hydrogens is 513 g/mol. The summed E-state index contributed by atoms with van der Waals surface area (Å²) in [6, 6.07) is 14.1. The van der Waals surface area contributed by atoms with Crippen molar-refractivity contribution in [3.63, 3.8) is 0 Å². The van der Waals surface area contributed by atoms with Gasteiger partial charge in [-0.1, -0.05) is 48.5 Å². The molecule has 2 aromatic rings. The van der Waals surface area contributed by atoms with E-state index in [0.29, 0.717) is 0 Å². The molecule has 0 saturated carbocycles. The summed E-state index contributed by atoms with van der Waals surface area (Å²) in [5.74, 6) is -1.08. The van der Waals surface area contributed by atoms with E-state index in [-0.39, 0.29) is 31.1 Å². The molecule has 0 aromatic heterocycles. The maximum absolute atomic E-state index is 12.4. The number of carbonyl (C=O) groups is 3. The van der Waals surface area contributed by atoms with Crippen LogP contribution in [0.15, 0.2) is 53.6 Å². The molecule has 0 fully saturated rings. The maximum atomic E-state index is 12.4. The van der Waals surface area contributed by atoms with Gasteiger partial charge in [-0.3, -0.25) is 4.79 Å². The molecule has 8 nitrogen and oxygen atoms in total. The molecule has 1 aliphatic rings. The van der Waals surface area contributed by atoms with Gasteiger partial charge in [-0.05, 0) is 35.6 Å². The van der Waals surface area contributed by atoms with Crippen LogP contribution in [0.1, 0.15) is 36.8 Å². The van der Waals surface area contributed by atoms with Crippen molar-refractivity contribution in [2.45, 2.75) is 37.8 Å². The second-order valence-corrected chi connectivity index (χ2v) is 7.67. The average molecular weight is 535 g/mol. The zero-order valence-corrected chi connectivity index (χ0v) is 19.0. The molecule has 0 radical (unpaired) electrons. The maximum Gasteiger partial charge on any atom is 0.407 e. The molecule has 162 valence electrons. The molecule has 1 amide bonds. The van der Waals surface area contributed by atoms with Gasteiger partial charge in [0.15, 0.2) is 28.8 Å². The van der Waals surface area contributed by atoms with Crippen molar-refractivity contribution in [2.75, 3.05) is 6.61 Å². The number of rotatable bonds is 9. The molecule has 31 heavy (non-hydrogen) atoms. The van der Waals surface area contributed by atoms with Gasteiger partial charge in [0.2, 0.25) is 0 Å². The minimum absolute atomic E-state index is 0.0242. The first kappa shape index (κ1) is 22.9. The van der Waals surface area contributed by atoms with E-state index in [0.717, 1.165) is 22.3 Å². The van der Waals surface area contributed by atoms with Crippen molar-refractivity contribution >= 4 is 40.9 Å². The molecule has 2 atom stereocenters. The fourth-order valence-corrected chi connectivity index (χ4v) is 3.96. The molecule has 1 aliphatic carbocycles. The number of benzene rings is 2. The van der Waals surface area contributed by atoms with Crippen molar-refractivity contribution in [2.24, 2.45) is 5.11 Å².